The predicted octanol–water partition coefficient (Wildman–Crippen LogP) is 3.04. The van der Waals surface area contributed by atoms with E-state index in [1.807, 2.05) is 6.07 Å². The second-order valence-electron chi connectivity index (χ2n) is 5.50. The van der Waals surface area contributed by atoms with Gasteiger partial charge in [0.05, 0.1) is 17.6 Å². The van der Waals surface area contributed by atoms with Crippen LogP contribution in [0.5, 0.6) is 0 Å². The molecule has 0 spiro atoms. The van der Waals surface area contributed by atoms with Gasteiger partial charge in [-0.3, -0.25) is 0 Å². The summed E-state index contributed by atoms with van der Waals surface area (Å²) in [4.78, 5) is 0. The van der Waals surface area contributed by atoms with Crippen molar-refractivity contribution in [3.05, 3.63) is 42.0 Å². The van der Waals surface area contributed by atoms with Crippen molar-refractivity contribution in [2.45, 2.75) is 31.6 Å². The summed E-state index contributed by atoms with van der Waals surface area (Å²) in [6.45, 7) is 1.48. The molecule has 0 aliphatic heterocycles. The topological polar surface area (TPSA) is 55.9 Å². The fraction of sp³-hybridized carbons (Fsp3) is 0.438. The molecule has 0 radical (unpaired) electrons. The summed E-state index contributed by atoms with van der Waals surface area (Å²) in [7, 11) is 0. The van der Waals surface area contributed by atoms with Crippen LogP contribution in [0.1, 0.15) is 37.3 Å². The zero-order chi connectivity index (χ0) is 14.7. The lowest BCUT2D eigenvalue weighted by Gasteiger charge is -2.27. The van der Waals surface area contributed by atoms with E-state index in [9.17, 15) is 4.39 Å². The van der Waals surface area contributed by atoms with Crippen LogP contribution < -0.4 is 11.1 Å². The Morgan fingerprint density at radius 3 is 2.81 bits per heavy atom. The van der Waals surface area contributed by atoms with E-state index < -0.39 is 0 Å². The number of hydrogen-bond donors (Lipinski definition) is 2. The molecule has 1 heterocycles. The van der Waals surface area contributed by atoms with E-state index in [1.54, 1.807) is 23.0 Å². The van der Waals surface area contributed by atoms with E-state index in [2.05, 4.69) is 10.4 Å². The third-order valence-electron chi connectivity index (χ3n) is 4.08. The number of nitrogens with one attached hydrogen (secondary N) is 1. The minimum absolute atomic E-state index is 0.241. The maximum Gasteiger partial charge on any atom is 0.148 e. The lowest BCUT2D eigenvalue weighted by molar-refractivity contribution is 0.403. The number of benzene rings is 1. The van der Waals surface area contributed by atoms with Gasteiger partial charge in [-0.15, -0.1) is 0 Å². The number of halogens is 1. The van der Waals surface area contributed by atoms with Gasteiger partial charge in [0.1, 0.15) is 11.5 Å². The number of nitrogens with zero attached hydrogens (tertiary/aromatic N) is 2. The van der Waals surface area contributed by atoms with Crippen LogP contribution >= 0.6 is 0 Å². The highest BCUT2D eigenvalue weighted by Gasteiger charge is 2.27. The van der Waals surface area contributed by atoms with Gasteiger partial charge in [-0.2, -0.15) is 5.10 Å². The quantitative estimate of drug-likeness (QED) is 0.803. The van der Waals surface area contributed by atoms with Crippen molar-refractivity contribution in [3.63, 3.8) is 0 Å². The smallest absolute Gasteiger partial charge is 0.148 e. The van der Waals surface area contributed by atoms with Gasteiger partial charge in [0.2, 0.25) is 0 Å². The largest absolute Gasteiger partial charge is 0.382 e. The lowest BCUT2D eigenvalue weighted by Crippen LogP contribution is -2.17. The first-order valence-corrected chi connectivity index (χ1v) is 7.58. The third kappa shape index (κ3) is 2.78. The van der Waals surface area contributed by atoms with Crippen LogP contribution in [0.25, 0.3) is 5.69 Å². The second kappa shape index (κ2) is 6.26. The van der Waals surface area contributed by atoms with Gasteiger partial charge < -0.3 is 11.1 Å². The molecule has 1 fully saturated rings. The predicted molar refractivity (Wildman–Crippen MR) is 82.3 cm³/mol. The van der Waals surface area contributed by atoms with Gasteiger partial charge in [-0.25, -0.2) is 9.07 Å². The van der Waals surface area contributed by atoms with E-state index in [-0.39, 0.29) is 5.82 Å². The Morgan fingerprint density at radius 2 is 2.14 bits per heavy atom. The molecule has 4 nitrogen and oxygen atoms in total. The summed E-state index contributed by atoms with van der Waals surface area (Å²) >= 11 is 0. The number of aromatic nitrogens is 2. The van der Waals surface area contributed by atoms with Crippen molar-refractivity contribution in [1.82, 2.24) is 9.78 Å². The zero-order valence-electron chi connectivity index (χ0n) is 12.1. The monoisotopic (exact) mass is 288 g/mol. The normalized spacial score (nSPS) is 15.0. The van der Waals surface area contributed by atoms with E-state index in [0.717, 1.165) is 37.2 Å². The molecule has 0 bridgehead atoms. The molecule has 21 heavy (non-hydrogen) atoms. The molecule has 1 aromatic carbocycles. The first-order valence-electron chi connectivity index (χ1n) is 7.58. The van der Waals surface area contributed by atoms with E-state index in [1.165, 1.54) is 12.5 Å². The maximum atomic E-state index is 14.1. The number of anilines is 1. The Kier molecular flexibility index (Phi) is 4.20. The van der Waals surface area contributed by atoms with Gasteiger partial charge in [0.25, 0.3) is 0 Å². The van der Waals surface area contributed by atoms with Crippen LogP contribution in [0.15, 0.2) is 30.5 Å². The van der Waals surface area contributed by atoms with Crippen molar-refractivity contribution in [2.24, 2.45) is 5.73 Å². The third-order valence-corrected chi connectivity index (χ3v) is 4.08. The average molecular weight is 288 g/mol. The summed E-state index contributed by atoms with van der Waals surface area (Å²) < 4.78 is 15.8. The Morgan fingerprint density at radius 1 is 1.33 bits per heavy atom. The Balaban J connectivity index is 1.94. The summed E-state index contributed by atoms with van der Waals surface area (Å²) in [5, 5.41) is 7.80. The average Bonchev–Trinajstić information content (AvgIpc) is 2.82. The van der Waals surface area contributed by atoms with Crippen molar-refractivity contribution < 1.29 is 4.39 Å². The molecule has 3 N–H and O–H groups in total. The Labute approximate surface area is 124 Å². The van der Waals surface area contributed by atoms with Crippen molar-refractivity contribution >= 4 is 5.69 Å². The molecule has 5 heteroatoms. The SMILES string of the molecule is NCCCNc1cnn(-c2ccccc2F)c1C1CCC1. The van der Waals surface area contributed by atoms with E-state index >= 15 is 0 Å². The standard InChI is InChI=1S/C16H21FN4/c17-13-7-1-2-8-15(13)21-16(12-5-3-6-12)14(11-20-21)19-10-4-9-18/h1-2,7-8,11-12,19H,3-6,9-10,18H2. The zero-order valence-corrected chi connectivity index (χ0v) is 12.1. The molecule has 1 saturated carbocycles. The van der Waals surface area contributed by atoms with Crippen LogP contribution in [-0.2, 0) is 0 Å². The van der Waals surface area contributed by atoms with E-state index in [4.69, 9.17) is 5.73 Å². The van der Waals surface area contributed by atoms with Gasteiger partial charge >= 0.3 is 0 Å². The first kappa shape index (κ1) is 14.1. The molecule has 112 valence electrons. The highest BCUT2D eigenvalue weighted by molar-refractivity contribution is 5.52. The van der Waals surface area contributed by atoms with Gasteiger partial charge in [0.15, 0.2) is 0 Å². The van der Waals surface area contributed by atoms with Gasteiger partial charge in [-0.1, -0.05) is 18.6 Å². The maximum absolute atomic E-state index is 14.1. The van der Waals surface area contributed by atoms with Crippen molar-refractivity contribution in [1.29, 1.82) is 0 Å². The molecule has 0 atom stereocenters. The minimum Gasteiger partial charge on any atom is -0.382 e. The summed E-state index contributed by atoms with van der Waals surface area (Å²) in [6.07, 6.45) is 6.23. The fourth-order valence-electron chi connectivity index (χ4n) is 2.71. The summed E-state index contributed by atoms with van der Waals surface area (Å²) in [5.74, 6) is 0.224. The van der Waals surface area contributed by atoms with Gasteiger partial charge in [0, 0.05) is 12.5 Å². The highest BCUT2D eigenvalue weighted by Crippen LogP contribution is 2.41. The van der Waals surface area contributed by atoms with Gasteiger partial charge in [-0.05, 0) is 37.9 Å². The van der Waals surface area contributed by atoms with Crippen LogP contribution in [0.4, 0.5) is 10.1 Å². The molecule has 1 aromatic heterocycles. The molecule has 2 aromatic rings. The van der Waals surface area contributed by atoms with Crippen LogP contribution in [0.3, 0.4) is 0 Å². The molecule has 1 aliphatic carbocycles. The molecule has 0 amide bonds. The van der Waals surface area contributed by atoms with Crippen molar-refractivity contribution in [3.8, 4) is 5.69 Å². The number of para-hydroxylation sites is 1. The number of rotatable bonds is 6. The van der Waals surface area contributed by atoms with Crippen LogP contribution in [0, 0.1) is 5.82 Å². The number of hydrogen-bond acceptors (Lipinski definition) is 3. The fourth-order valence-corrected chi connectivity index (χ4v) is 2.71. The molecule has 0 saturated heterocycles. The second-order valence-corrected chi connectivity index (χ2v) is 5.50. The summed E-state index contributed by atoms with van der Waals surface area (Å²) in [6, 6.07) is 6.79. The molecule has 0 unspecified atom stereocenters. The number of nitrogens with two attached hydrogens (primary N) is 1. The molecular weight excluding hydrogens is 267 g/mol. The van der Waals surface area contributed by atoms with Crippen molar-refractivity contribution in [2.75, 3.05) is 18.4 Å². The first-order chi connectivity index (χ1) is 10.3. The van der Waals surface area contributed by atoms with Crippen LogP contribution in [0.2, 0.25) is 0 Å². The van der Waals surface area contributed by atoms with Crippen LogP contribution in [-0.4, -0.2) is 22.9 Å². The molecule has 3 rings (SSSR count). The Bertz CT molecular complexity index is 604. The highest BCUT2D eigenvalue weighted by atomic mass is 19.1. The molecule has 1 aliphatic rings. The van der Waals surface area contributed by atoms with E-state index in [0.29, 0.717) is 18.2 Å². The molecular formula is C16H21FN4. The summed E-state index contributed by atoms with van der Waals surface area (Å²) in [5.41, 5.74) is 8.16. The lowest BCUT2D eigenvalue weighted by atomic mass is 9.82. The minimum atomic E-state index is -0.241. The Hall–Kier alpha value is -1.88.